The van der Waals surface area contributed by atoms with Gasteiger partial charge in [-0.2, -0.15) is 8.61 Å². The maximum Gasteiger partial charge on any atom is 0.573 e. The average Bonchev–Trinajstić information content (AvgIpc) is 2.67. The number of sulfonamides is 2. The normalized spacial score (nSPS) is 17.1. The molecule has 1 aliphatic rings. The van der Waals surface area contributed by atoms with E-state index in [2.05, 4.69) is 4.74 Å². The zero-order chi connectivity index (χ0) is 22.2. The lowest BCUT2D eigenvalue weighted by Gasteiger charge is -2.33. The van der Waals surface area contributed by atoms with Gasteiger partial charge in [0.25, 0.3) is 0 Å². The van der Waals surface area contributed by atoms with Gasteiger partial charge in [0.15, 0.2) is 0 Å². The lowest BCUT2D eigenvalue weighted by atomic mass is 10.3. The van der Waals surface area contributed by atoms with E-state index >= 15 is 0 Å². The smallest absolute Gasteiger partial charge is 0.404 e. The Morgan fingerprint density at radius 3 is 1.83 bits per heavy atom. The summed E-state index contributed by atoms with van der Waals surface area (Å²) in [6.45, 7) is -0.774. The number of hydrogen-bond acceptors (Lipinski definition) is 5. The molecule has 0 bridgehead atoms. The van der Waals surface area contributed by atoms with Gasteiger partial charge in [-0.05, 0) is 36.4 Å². The molecule has 1 fully saturated rings. The first-order valence-electron chi connectivity index (χ1n) is 8.52. The summed E-state index contributed by atoms with van der Waals surface area (Å²) in [4.78, 5) is -0.636. The lowest BCUT2D eigenvalue weighted by Crippen LogP contribution is -2.50. The second kappa shape index (κ2) is 8.35. The monoisotopic (exact) mass is 484 g/mol. The van der Waals surface area contributed by atoms with Crippen LogP contribution < -0.4 is 4.74 Å². The van der Waals surface area contributed by atoms with Crippen molar-refractivity contribution in [1.82, 2.24) is 8.61 Å². The van der Waals surface area contributed by atoms with Crippen LogP contribution in [-0.2, 0) is 20.0 Å². The number of benzene rings is 2. The third kappa shape index (κ3) is 4.89. The Morgan fingerprint density at radius 2 is 1.30 bits per heavy atom. The largest absolute Gasteiger partial charge is 0.573 e. The minimum absolute atomic E-state index is 0.00660. The number of nitrogens with zero attached hydrogens (tertiary/aromatic N) is 2. The summed E-state index contributed by atoms with van der Waals surface area (Å²) in [5, 5.41) is 0.365. The molecule has 7 nitrogen and oxygen atoms in total. The summed E-state index contributed by atoms with van der Waals surface area (Å²) >= 11 is 5.77. The quantitative estimate of drug-likeness (QED) is 0.651. The first-order chi connectivity index (χ1) is 13.9. The highest BCUT2D eigenvalue weighted by molar-refractivity contribution is 7.89. The second-order valence-corrected chi connectivity index (χ2v) is 10.5. The van der Waals surface area contributed by atoms with Crippen molar-refractivity contribution in [3.8, 4) is 5.75 Å². The van der Waals surface area contributed by atoms with Crippen LogP contribution in [-0.4, -0.2) is 58.0 Å². The molecule has 1 aliphatic heterocycles. The van der Waals surface area contributed by atoms with Gasteiger partial charge in [-0.15, -0.1) is 13.2 Å². The van der Waals surface area contributed by atoms with Crippen molar-refractivity contribution >= 4 is 31.6 Å². The number of para-hydroxylation sites is 1. The molecule has 0 spiro atoms. The van der Waals surface area contributed by atoms with E-state index in [4.69, 9.17) is 11.6 Å². The van der Waals surface area contributed by atoms with E-state index in [0.717, 1.165) is 20.7 Å². The summed E-state index contributed by atoms with van der Waals surface area (Å²) in [5.74, 6) is -0.846. The molecule has 2 aromatic carbocycles. The van der Waals surface area contributed by atoms with Gasteiger partial charge in [-0.25, -0.2) is 16.8 Å². The maximum atomic E-state index is 12.9. The van der Waals surface area contributed by atoms with E-state index < -0.39 is 37.1 Å². The van der Waals surface area contributed by atoms with Gasteiger partial charge in [-0.3, -0.25) is 0 Å². The zero-order valence-electron chi connectivity index (χ0n) is 15.2. The molecule has 13 heteroatoms. The van der Waals surface area contributed by atoms with E-state index in [0.29, 0.717) is 5.02 Å². The lowest BCUT2D eigenvalue weighted by molar-refractivity contribution is -0.275. The number of ether oxygens (including phenoxy) is 1. The molecule has 0 atom stereocenters. The number of hydrogen-bond donors (Lipinski definition) is 0. The fourth-order valence-electron chi connectivity index (χ4n) is 2.92. The van der Waals surface area contributed by atoms with Gasteiger partial charge in [0.05, 0.1) is 4.90 Å². The Balaban J connectivity index is 1.79. The highest BCUT2D eigenvalue weighted by Gasteiger charge is 2.38. The highest BCUT2D eigenvalue weighted by atomic mass is 35.5. The van der Waals surface area contributed by atoms with Gasteiger partial charge in [0.1, 0.15) is 10.6 Å². The summed E-state index contributed by atoms with van der Waals surface area (Å²) in [7, 11) is -8.20. The van der Waals surface area contributed by atoms with Crippen LogP contribution in [0.4, 0.5) is 13.2 Å². The Labute approximate surface area is 176 Å². The van der Waals surface area contributed by atoms with Crippen LogP contribution in [0.25, 0.3) is 0 Å². The van der Waals surface area contributed by atoms with Crippen LogP contribution in [0.2, 0.25) is 5.02 Å². The van der Waals surface area contributed by atoms with E-state index in [-0.39, 0.29) is 31.1 Å². The second-order valence-electron chi connectivity index (χ2n) is 6.26. The standard InChI is InChI=1S/C17H16ClF3N2O5S2/c18-13-5-7-14(8-6-13)29(24,25)22-9-11-23(12-10-22)30(26,27)16-4-2-1-3-15(16)28-17(19,20)21/h1-8H,9-12H2. The van der Waals surface area contributed by atoms with Gasteiger partial charge in [-0.1, -0.05) is 23.7 Å². The molecule has 2 aromatic rings. The zero-order valence-corrected chi connectivity index (χ0v) is 17.6. The van der Waals surface area contributed by atoms with Crippen LogP contribution in [0.15, 0.2) is 58.3 Å². The predicted molar refractivity (Wildman–Crippen MR) is 102 cm³/mol. The van der Waals surface area contributed by atoms with Crippen LogP contribution in [0, 0.1) is 0 Å². The first kappa shape index (κ1) is 22.8. The summed E-state index contributed by atoms with van der Waals surface area (Å²) < 4.78 is 94.8. The van der Waals surface area contributed by atoms with E-state index in [9.17, 15) is 30.0 Å². The molecular formula is C17H16ClF3N2O5S2. The van der Waals surface area contributed by atoms with Crippen LogP contribution in [0.5, 0.6) is 5.75 Å². The molecule has 0 aliphatic carbocycles. The molecule has 1 saturated heterocycles. The summed E-state index contributed by atoms with van der Waals surface area (Å²) in [6, 6.07) is 9.93. The van der Waals surface area contributed by atoms with Crippen LogP contribution in [0.3, 0.4) is 0 Å². The third-order valence-electron chi connectivity index (χ3n) is 4.34. The van der Waals surface area contributed by atoms with Crippen LogP contribution >= 0.6 is 11.6 Å². The topological polar surface area (TPSA) is 84.0 Å². The molecule has 30 heavy (non-hydrogen) atoms. The molecule has 0 N–H and O–H groups in total. The molecule has 0 radical (unpaired) electrons. The van der Waals surface area contributed by atoms with E-state index in [1.165, 1.54) is 36.4 Å². The van der Waals surface area contributed by atoms with E-state index in [1.54, 1.807) is 0 Å². The molecule has 0 amide bonds. The highest BCUT2D eigenvalue weighted by Crippen LogP contribution is 2.32. The fourth-order valence-corrected chi connectivity index (χ4v) is 6.00. The molecule has 1 heterocycles. The molecular weight excluding hydrogens is 469 g/mol. The minimum atomic E-state index is -5.06. The maximum absolute atomic E-state index is 12.9. The third-order valence-corrected chi connectivity index (χ3v) is 8.44. The molecule has 0 unspecified atom stereocenters. The Bertz CT molecular complexity index is 1110. The van der Waals surface area contributed by atoms with Crippen molar-refractivity contribution in [2.45, 2.75) is 16.2 Å². The SMILES string of the molecule is O=S(=O)(c1ccc(Cl)cc1)N1CCN(S(=O)(=O)c2ccccc2OC(F)(F)F)CC1. The van der Waals surface area contributed by atoms with Crippen LogP contribution in [0.1, 0.15) is 0 Å². The summed E-state index contributed by atoms with van der Waals surface area (Å²) in [6.07, 6.45) is -5.06. The Kier molecular flexibility index (Phi) is 6.35. The van der Waals surface area contributed by atoms with Crippen molar-refractivity contribution in [1.29, 1.82) is 0 Å². The molecule has 3 rings (SSSR count). The average molecular weight is 485 g/mol. The van der Waals surface area contributed by atoms with Gasteiger partial charge < -0.3 is 4.74 Å². The van der Waals surface area contributed by atoms with Crippen molar-refractivity contribution in [2.24, 2.45) is 0 Å². The first-order valence-corrected chi connectivity index (χ1v) is 11.8. The number of halogens is 4. The van der Waals surface area contributed by atoms with Crippen molar-refractivity contribution in [2.75, 3.05) is 26.2 Å². The molecule has 164 valence electrons. The number of alkyl halides is 3. The number of rotatable bonds is 5. The minimum Gasteiger partial charge on any atom is -0.404 e. The number of piperazine rings is 1. The summed E-state index contributed by atoms with van der Waals surface area (Å²) in [5.41, 5.74) is 0. The molecule has 0 aromatic heterocycles. The Morgan fingerprint density at radius 1 is 0.800 bits per heavy atom. The van der Waals surface area contributed by atoms with Crippen molar-refractivity contribution < 1.29 is 34.7 Å². The van der Waals surface area contributed by atoms with Gasteiger partial charge in [0.2, 0.25) is 20.0 Å². The predicted octanol–water partition coefficient (Wildman–Crippen LogP) is 2.93. The fraction of sp³-hybridized carbons (Fsp3) is 0.294. The van der Waals surface area contributed by atoms with Gasteiger partial charge in [0, 0.05) is 31.2 Å². The molecule has 0 saturated carbocycles. The van der Waals surface area contributed by atoms with Crippen molar-refractivity contribution in [3.63, 3.8) is 0 Å². The van der Waals surface area contributed by atoms with Crippen molar-refractivity contribution in [3.05, 3.63) is 53.6 Å². The van der Waals surface area contributed by atoms with Gasteiger partial charge >= 0.3 is 6.36 Å². The van der Waals surface area contributed by atoms with E-state index in [1.807, 2.05) is 0 Å². The Hall–Kier alpha value is -1.86.